The average Bonchev–Trinajstić information content (AvgIpc) is 2.97. The van der Waals surface area contributed by atoms with Gasteiger partial charge in [-0.05, 0) is 78.8 Å². The van der Waals surface area contributed by atoms with Crippen molar-refractivity contribution in [3.63, 3.8) is 0 Å². The van der Waals surface area contributed by atoms with E-state index in [0.717, 1.165) is 6.07 Å². The maximum Gasteiger partial charge on any atom is 0.200 e. The van der Waals surface area contributed by atoms with E-state index in [0.29, 0.717) is 27.7 Å². The molecule has 10 heteroatoms. The van der Waals surface area contributed by atoms with Crippen molar-refractivity contribution in [2.45, 2.75) is 59.7 Å². The predicted octanol–water partition coefficient (Wildman–Crippen LogP) is 7.61. The van der Waals surface area contributed by atoms with Crippen LogP contribution in [-0.2, 0) is 11.2 Å². The first-order chi connectivity index (χ1) is 20.8. The molecule has 4 nitrogen and oxygen atoms in total. The lowest BCUT2D eigenvalue weighted by Gasteiger charge is -2.27. The van der Waals surface area contributed by atoms with E-state index in [-0.39, 0.29) is 36.1 Å². The smallest absolute Gasteiger partial charge is 0.200 e. The minimum Gasteiger partial charge on any atom is -0.507 e. The lowest BCUT2D eigenvalue weighted by molar-refractivity contribution is -0.116. The molecule has 0 aliphatic carbocycles. The quantitative estimate of drug-likeness (QED) is 0.0803. The second-order valence-electron chi connectivity index (χ2n) is 10.8. The van der Waals surface area contributed by atoms with E-state index in [1.54, 1.807) is 54.6 Å². The molecule has 0 saturated carbocycles. The van der Waals surface area contributed by atoms with Crippen LogP contribution in [0, 0.1) is 29.1 Å². The average molecular weight is 631 g/mol. The molecule has 0 saturated heterocycles. The maximum absolute atomic E-state index is 15.2. The number of rotatable bonds is 11. The van der Waals surface area contributed by atoms with Gasteiger partial charge in [0.25, 0.3) is 0 Å². The second-order valence-corrected chi connectivity index (χ2v) is 12.9. The highest BCUT2D eigenvalue weighted by atomic mass is 31.1. The number of halogens is 5. The fourth-order valence-electron chi connectivity index (χ4n) is 4.72. The standard InChI is InChI=1S/C34H32F5O4P/c1-18(2)42-23-10-6-8-12-25(23)44(26-13-9-7-11-24(26)43-19(3)4)27-17-21(15-14-20(5)40)16-22(34(27)41)28-29(35)31(37)33(39)32(38)30(28)36/h6-13,16-19,41H,14-15H2,1-5H3. The lowest BCUT2D eigenvalue weighted by atomic mass is 9.97. The van der Waals surface area contributed by atoms with Crippen LogP contribution >= 0.6 is 7.92 Å². The zero-order chi connectivity index (χ0) is 32.3. The van der Waals surface area contributed by atoms with Crippen molar-refractivity contribution in [1.29, 1.82) is 0 Å². The molecule has 0 aromatic heterocycles. The largest absolute Gasteiger partial charge is 0.507 e. The number of carbonyl (C=O) groups excluding carboxylic acids is 1. The highest BCUT2D eigenvalue weighted by molar-refractivity contribution is 7.80. The van der Waals surface area contributed by atoms with Crippen molar-refractivity contribution in [2.24, 2.45) is 0 Å². The number of hydrogen-bond donors (Lipinski definition) is 1. The maximum atomic E-state index is 15.2. The first kappa shape index (κ1) is 32.9. The number of phenols is 1. The van der Waals surface area contributed by atoms with Crippen LogP contribution < -0.4 is 25.4 Å². The Morgan fingerprint density at radius 1 is 0.727 bits per heavy atom. The summed E-state index contributed by atoms with van der Waals surface area (Å²) in [7, 11) is -1.85. The topological polar surface area (TPSA) is 55.8 Å². The summed E-state index contributed by atoms with van der Waals surface area (Å²) in [5, 5.41) is 13.1. The lowest BCUT2D eigenvalue weighted by Crippen LogP contribution is -2.26. The molecule has 232 valence electrons. The number of hydrogen-bond acceptors (Lipinski definition) is 4. The van der Waals surface area contributed by atoms with Crippen LogP contribution in [0.4, 0.5) is 22.0 Å². The second kappa shape index (κ2) is 13.8. The molecule has 0 bridgehead atoms. The first-order valence-corrected chi connectivity index (χ1v) is 15.3. The highest BCUT2D eigenvalue weighted by Gasteiger charge is 2.32. The molecule has 0 fully saturated rings. The van der Waals surface area contributed by atoms with Gasteiger partial charge in [0.2, 0.25) is 5.82 Å². The third kappa shape index (κ3) is 6.88. The molecule has 1 N–H and O–H groups in total. The molecule has 0 atom stereocenters. The van der Waals surface area contributed by atoms with Crippen LogP contribution in [0.2, 0.25) is 0 Å². The van der Waals surface area contributed by atoms with Crippen molar-refractivity contribution < 1.29 is 41.3 Å². The Bertz CT molecular complexity index is 1610. The summed E-state index contributed by atoms with van der Waals surface area (Å²) in [4.78, 5) is 11.9. The van der Waals surface area contributed by atoms with E-state index in [9.17, 15) is 23.1 Å². The number of ether oxygens (including phenoxy) is 2. The van der Waals surface area contributed by atoms with E-state index < -0.39 is 53.9 Å². The van der Waals surface area contributed by atoms with Gasteiger partial charge >= 0.3 is 0 Å². The zero-order valence-electron chi connectivity index (χ0n) is 24.9. The molecule has 0 amide bonds. The molecule has 0 spiro atoms. The summed E-state index contributed by atoms with van der Waals surface area (Å²) in [5.41, 5.74) is -1.51. The molecular formula is C34H32F5O4P. The van der Waals surface area contributed by atoms with Crippen LogP contribution in [0.15, 0.2) is 60.7 Å². The van der Waals surface area contributed by atoms with Gasteiger partial charge in [-0.1, -0.05) is 36.4 Å². The molecule has 0 aliphatic rings. The fraction of sp³-hybridized carbons (Fsp3) is 0.265. The zero-order valence-corrected chi connectivity index (χ0v) is 25.7. The highest BCUT2D eigenvalue weighted by Crippen LogP contribution is 2.46. The van der Waals surface area contributed by atoms with E-state index in [4.69, 9.17) is 9.47 Å². The number of ketones is 1. The summed E-state index contributed by atoms with van der Waals surface area (Å²) in [6.45, 7) is 8.75. The van der Waals surface area contributed by atoms with Crippen LogP contribution in [0.5, 0.6) is 17.2 Å². The Morgan fingerprint density at radius 3 is 1.64 bits per heavy atom. The third-order valence-corrected chi connectivity index (χ3v) is 9.10. The first-order valence-electron chi connectivity index (χ1n) is 14.0. The Balaban J connectivity index is 2.14. The monoisotopic (exact) mass is 630 g/mol. The number of phenolic OH excluding ortho intramolecular Hbond substituents is 1. The Kier molecular flexibility index (Phi) is 10.3. The molecule has 44 heavy (non-hydrogen) atoms. The van der Waals surface area contributed by atoms with E-state index in [1.165, 1.54) is 6.92 Å². The number of Topliss-reactive ketones (excluding diaryl/α,β-unsaturated/α-hetero) is 1. The molecular weight excluding hydrogens is 598 g/mol. The third-order valence-electron chi connectivity index (χ3n) is 6.57. The van der Waals surface area contributed by atoms with Crippen molar-refractivity contribution >= 4 is 29.6 Å². The number of para-hydroxylation sites is 2. The predicted molar refractivity (Wildman–Crippen MR) is 163 cm³/mol. The van der Waals surface area contributed by atoms with Crippen LogP contribution in [0.25, 0.3) is 11.1 Å². The summed E-state index contributed by atoms with van der Waals surface area (Å²) < 4.78 is 85.4. The van der Waals surface area contributed by atoms with E-state index >= 15 is 8.78 Å². The van der Waals surface area contributed by atoms with E-state index in [1.807, 2.05) is 27.7 Å². The fourth-order valence-corrected chi connectivity index (χ4v) is 7.30. The van der Waals surface area contributed by atoms with Crippen molar-refractivity contribution in [2.75, 3.05) is 0 Å². The molecule has 4 aromatic rings. The van der Waals surface area contributed by atoms with Gasteiger partial charge in [-0.25, -0.2) is 22.0 Å². The summed E-state index contributed by atoms with van der Waals surface area (Å²) >= 11 is 0. The summed E-state index contributed by atoms with van der Waals surface area (Å²) in [5.74, 6) is -10.7. The van der Waals surface area contributed by atoms with Crippen LogP contribution in [-0.4, -0.2) is 23.1 Å². The van der Waals surface area contributed by atoms with Gasteiger partial charge < -0.3 is 19.4 Å². The number of aromatic hydroxyl groups is 1. The Labute approximate surface area is 254 Å². The van der Waals surface area contributed by atoms with Gasteiger partial charge in [0, 0.05) is 27.9 Å². The van der Waals surface area contributed by atoms with Crippen molar-refractivity contribution in [3.05, 3.63) is 95.3 Å². The Hall–Kier alpha value is -3.97. The minimum absolute atomic E-state index is 0.0405. The van der Waals surface area contributed by atoms with Crippen LogP contribution in [0.1, 0.15) is 46.6 Å². The van der Waals surface area contributed by atoms with Gasteiger partial charge in [0.15, 0.2) is 23.3 Å². The molecule has 0 heterocycles. The van der Waals surface area contributed by atoms with Gasteiger partial charge in [-0.15, -0.1) is 0 Å². The van der Waals surface area contributed by atoms with Gasteiger partial charge in [0.05, 0.1) is 17.8 Å². The molecule has 0 aliphatic heterocycles. The minimum atomic E-state index is -2.31. The number of carbonyl (C=O) groups is 1. The molecule has 0 unspecified atom stereocenters. The normalized spacial score (nSPS) is 11.5. The van der Waals surface area contributed by atoms with Gasteiger partial charge in [-0.3, -0.25) is 0 Å². The summed E-state index contributed by atoms with van der Waals surface area (Å²) in [6, 6.07) is 16.9. The van der Waals surface area contributed by atoms with E-state index in [2.05, 4.69) is 0 Å². The molecule has 0 radical (unpaired) electrons. The Morgan fingerprint density at radius 2 is 1.18 bits per heavy atom. The van der Waals surface area contributed by atoms with Crippen molar-refractivity contribution in [1.82, 2.24) is 0 Å². The number of benzene rings is 4. The molecule has 4 aromatic carbocycles. The van der Waals surface area contributed by atoms with Crippen LogP contribution in [0.3, 0.4) is 0 Å². The number of aryl methyl sites for hydroxylation is 1. The van der Waals surface area contributed by atoms with Gasteiger partial charge in [-0.2, -0.15) is 0 Å². The molecule has 4 rings (SSSR count). The van der Waals surface area contributed by atoms with Gasteiger partial charge in [0.1, 0.15) is 23.0 Å². The van der Waals surface area contributed by atoms with Crippen molar-refractivity contribution in [3.8, 4) is 28.4 Å². The SMILES string of the molecule is CC(=O)CCc1cc(-c2c(F)c(F)c(F)c(F)c2F)c(O)c(P(c2ccccc2OC(C)C)c2ccccc2OC(C)C)c1. The summed E-state index contributed by atoms with van der Waals surface area (Å²) in [6.07, 6.45) is -0.356.